The van der Waals surface area contributed by atoms with Crippen LogP contribution in [0.3, 0.4) is 0 Å². The Morgan fingerprint density at radius 2 is 2.06 bits per heavy atom. The van der Waals surface area contributed by atoms with Crippen molar-refractivity contribution in [1.82, 2.24) is 4.90 Å². The first-order valence-electron chi connectivity index (χ1n) is 6.37. The van der Waals surface area contributed by atoms with E-state index in [-0.39, 0.29) is 12.5 Å². The molecule has 1 fully saturated rings. The molecular weight excluding hydrogens is 228 g/mol. The Hall–Kier alpha value is -1.71. The van der Waals surface area contributed by atoms with Crippen molar-refractivity contribution in [2.24, 2.45) is 5.92 Å². The minimum atomic E-state index is 0.0266. The normalized spacial score (nSPS) is 14.9. The second-order valence-electron chi connectivity index (χ2n) is 4.93. The van der Waals surface area contributed by atoms with Crippen LogP contribution in [0.15, 0.2) is 24.3 Å². The zero-order valence-electron chi connectivity index (χ0n) is 10.8. The largest absolute Gasteiger partial charge is 0.484 e. The van der Waals surface area contributed by atoms with Crippen LogP contribution in [0.4, 0.5) is 5.69 Å². The fourth-order valence-electron chi connectivity index (χ4n) is 1.98. The first kappa shape index (κ1) is 12.7. The number of nitrogens with zero attached hydrogens (tertiary/aromatic N) is 1. The topological polar surface area (TPSA) is 55.6 Å². The average molecular weight is 248 g/mol. The van der Waals surface area contributed by atoms with Crippen molar-refractivity contribution in [3.8, 4) is 5.75 Å². The summed E-state index contributed by atoms with van der Waals surface area (Å²) in [5.41, 5.74) is 6.27. The Labute approximate surface area is 108 Å². The van der Waals surface area contributed by atoms with Gasteiger partial charge in [0.15, 0.2) is 6.61 Å². The summed E-state index contributed by atoms with van der Waals surface area (Å²) in [7, 11) is 1.84. The Balaban J connectivity index is 1.74. The van der Waals surface area contributed by atoms with Gasteiger partial charge in [-0.2, -0.15) is 0 Å². The van der Waals surface area contributed by atoms with Crippen LogP contribution in [-0.2, 0) is 4.79 Å². The molecule has 4 nitrogen and oxygen atoms in total. The number of anilines is 1. The molecule has 0 heterocycles. The van der Waals surface area contributed by atoms with Crippen LogP contribution in [0.5, 0.6) is 5.75 Å². The predicted molar refractivity (Wildman–Crippen MR) is 71.3 cm³/mol. The van der Waals surface area contributed by atoms with Crippen LogP contribution >= 0.6 is 0 Å². The number of nitrogen functional groups attached to an aromatic ring is 1. The highest BCUT2D eigenvalue weighted by Crippen LogP contribution is 2.26. The van der Waals surface area contributed by atoms with E-state index in [0.29, 0.717) is 17.4 Å². The molecule has 1 aliphatic carbocycles. The highest BCUT2D eigenvalue weighted by molar-refractivity contribution is 5.77. The molecule has 0 radical (unpaired) electrons. The maximum atomic E-state index is 11.8. The lowest BCUT2D eigenvalue weighted by molar-refractivity contribution is -0.133. The van der Waals surface area contributed by atoms with Crippen molar-refractivity contribution in [3.05, 3.63) is 24.3 Å². The molecule has 0 spiro atoms. The van der Waals surface area contributed by atoms with Crippen molar-refractivity contribution in [2.45, 2.75) is 19.3 Å². The molecule has 4 heteroatoms. The van der Waals surface area contributed by atoms with E-state index >= 15 is 0 Å². The van der Waals surface area contributed by atoms with Gasteiger partial charge in [0.05, 0.1) is 0 Å². The fourth-order valence-corrected chi connectivity index (χ4v) is 1.98. The lowest BCUT2D eigenvalue weighted by Crippen LogP contribution is -2.37. The van der Waals surface area contributed by atoms with Crippen LogP contribution in [0.1, 0.15) is 19.3 Å². The summed E-state index contributed by atoms with van der Waals surface area (Å²) in [4.78, 5) is 13.6. The summed E-state index contributed by atoms with van der Waals surface area (Å²) in [6, 6.07) is 7.07. The summed E-state index contributed by atoms with van der Waals surface area (Å²) in [5, 5.41) is 0. The number of hydrogen-bond donors (Lipinski definition) is 1. The zero-order chi connectivity index (χ0) is 13.0. The Morgan fingerprint density at radius 3 is 2.61 bits per heavy atom. The van der Waals surface area contributed by atoms with E-state index in [0.717, 1.165) is 6.54 Å². The van der Waals surface area contributed by atoms with Gasteiger partial charge in [-0.1, -0.05) is 6.42 Å². The smallest absolute Gasteiger partial charge is 0.260 e. The predicted octanol–water partition coefficient (Wildman–Crippen LogP) is 1.91. The van der Waals surface area contributed by atoms with E-state index < -0.39 is 0 Å². The maximum Gasteiger partial charge on any atom is 0.260 e. The van der Waals surface area contributed by atoms with E-state index in [1.165, 1.54) is 19.3 Å². The zero-order valence-corrected chi connectivity index (χ0v) is 10.8. The van der Waals surface area contributed by atoms with Gasteiger partial charge >= 0.3 is 0 Å². The number of carbonyl (C=O) groups is 1. The number of ether oxygens (including phenoxy) is 1. The van der Waals surface area contributed by atoms with Gasteiger partial charge < -0.3 is 15.4 Å². The Bertz CT molecular complexity index is 399. The third kappa shape index (κ3) is 3.39. The summed E-state index contributed by atoms with van der Waals surface area (Å²) in [6.45, 7) is 0.942. The molecule has 2 N–H and O–H groups in total. The lowest BCUT2D eigenvalue weighted by atomic mass is 9.85. The monoisotopic (exact) mass is 248 g/mol. The van der Waals surface area contributed by atoms with Crippen molar-refractivity contribution >= 4 is 11.6 Å². The van der Waals surface area contributed by atoms with Crippen LogP contribution in [0.25, 0.3) is 0 Å². The Morgan fingerprint density at radius 1 is 1.39 bits per heavy atom. The van der Waals surface area contributed by atoms with Crippen molar-refractivity contribution in [1.29, 1.82) is 0 Å². The molecule has 98 valence electrons. The van der Waals surface area contributed by atoms with Gasteiger partial charge in [-0.25, -0.2) is 0 Å². The van der Waals surface area contributed by atoms with Gasteiger partial charge in [0, 0.05) is 19.3 Å². The summed E-state index contributed by atoms with van der Waals surface area (Å²) >= 11 is 0. The molecule has 0 bridgehead atoms. The van der Waals surface area contributed by atoms with E-state index in [9.17, 15) is 4.79 Å². The van der Waals surface area contributed by atoms with Crippen LogP contribution < -0.4 is 10.5 Å². The van der Waals surface area contributed by atoms with Crippen molar-refractivity contribution in [2.75, 3.05) is 25.9 Å². The molecule has 0 atom stereocenters. The van der Waals surface area contributed by atoms with Gasteiger partial charge in [-0.05, 0) is 43.0 Å². The third-order valence-corrected chi connectivity index (χ3v) is 3.42. The van der Waals surface area contributed by atoms with Gasteiger partial charge in [-0.15, -0.1) is 0 Å². The van der Waals surface area contributed by atoms with Crippen LogP contribution in [0.2, 0.25) is 0 Å². The lowest BCUT2D eigenvalue weighted by Gasteiger charge is -2.30. The minimum absolute atomic E-state index is 0.0266. The highest BCUT2D eigenvalue weighted by atomic mass is 16.5. The highest BCUT2D eigenvalue weighted by Gasteiger charge is 2.21. The number of benzene rings is 1. The van der Waals surface area contributed by atoms with E-state index in [2.05, 4.69) is 0 Å². The molecule has 1 aliphatic rings. The summed E-state index contributed by atoms with van der Waals surface area (Å²) < 4.78 is 5.43. The number of likely N-dealkylation sites (N-methyl/N-ethyl adjacent to an activating group) is 1. The summed E-state index contributed by atoms with van der Waals surface area (Å²) in [5.74, 6) is 1.39. The standard InChI is InChI=1S/C14H20N2O2/c1-16(9-11-3-2-4-11)14(17)10-18-13-7-5-12(15)6-8-13/h5-8,11H,2-4,9-10,15H2,1H3. The molecule has 18 heavy (non-hydrogen) atoms. The number of nitrogens with two attached hydrogens (primary N) is 1. The van der Waals surface area contributed by atoms with Crippen LogP contribution in [0, 0.1) is 5.92 Å². The first-order chi connectivity index (χ1) is 8.65. The maximum absolute atomic E-state index is 11.8. The van der Waals surface area contributed by atoms with Gasteiger partial charge in [-0.3, -0.25) is 4.79 Å². The summed E-state index contributed by atoms with van der Waals surface area (Å²) in [6.07, 6.45) is 3.79. The SMILES string of the molecule is CN(CC1CCC1)C(=O)COc1ccc(N)cc1. The third-order valence-electron chi connectivity index (χ3n) is 3.42. The average Bonchev–Trinajstić information content (AvgIpc) is 2.32. The molecule has 1 aromatic carbocycles. The molecule has 0 aromatic heterocycles. The van der Waals surface area contributed by atoms with Gasteiger partial charge in [0.1, 0.15) is 5.75 Å². The Kier molecular flexibility index (Phi) is 4.07. The second kappa shape index (κ2) is 5.76. The molecule has 0 unspecified atom stereocenters. The van der Waals surface area contributed by atoms with Crippen LogP contribution in [-0.4, -0.2) is 31.0 Å². The quantitative estimate of drug-likeness (QED) is 0.810. The number of amides is 1. The first-order valence-corrected chi connectivity index (χ1v) is 6.37. The molecule has 0 aliphatic heterocycles. The van der Waals surface area contributed by atoms with E-state index in [1.54, 1.807) is 29.2 Å². The molecule has 1 amide bonds. The fraction of sp³-hybridized carbons (Fsp3) is 0.500. The van der Waals surface area contributed by atoms with Crippen molar-refractivity contribution < 1.29 is 9.53 Å². The van der Waals surface area contributed by atoms with Crippen molar-refractivity contribution in [3.63, 3.8) is 0 Å². The minimum Gasteiger partial charge on any atom is -0.484 e. The number of carbonyl (C=O) groups excluding carboxylic acids is 1. The molecule has 0 saturated heterocycles. The van der Waals surface area contributed by atoms with Gasteiger partial charge in [0.2, 0.25) is 0 Å². The van der Waals surface area contributed by atoms with Gasteiger partial charge in [0.25, 0.3) is 5.91 Å². The number of hydrogen-bond acceptors (Lipinski definition) is 3. The number of rotatable bonds is 5. The second-order valence-corrected chi connectivity index (χ2v) is 4.93. The molecular formula is C14H20N2O2. The molecule has 1 saturated carbocycles. The molecule has 1 aromatic rings. The van der Waals surface area contributed by atoms with E-state index in [4.69, 9.17) is 10.5 Å². The molecule has 2 rings (SSSR count). The van der Waals surface area contributed by atoms with E-state index in [1.807, 2.05) is 7.05 Å².